The molecule has 0 aliphatic carbocycles. The van der Waals surface area contributed by atoms with Gasteiger partial charge in [-0.05, 0) is 33.6 Å². The topological polar surface area (TPSA) is 91.3 Å². The van der Waals surface area contributed by atoms with Gasteiger partial charge in [0.15, 0.2) is 0 Å². The van der Waals surface area contributed by atoms with Crippen molar-refractivity contribution in [2.75, 3.05) is 0 Å². The number of hydrogen-bond acceptors (Lipinski definition) is 5. The quantitative estimate of drug-likeness (QED) is 0.689. The summed E-state index contributed by atoms with van der Waals surface area (Å²) in [6.07, 6.45) is 2.59. The summed E-state index contributed by atoms with van der Waals surface area (Å²) in [4.78, 5) is 14.1. The average Bonchev–Trinajstić information content (AvgIpc) is 2.41. The summed E-state index contributed by atoms with van der Waals surface area (Å²) < 4.78 is 5.95. The van der Waals surface area contributed by atoms with Gasteiger partial charge in [0.1, 0.15) is 11.9 Å². The lowest BCUT2D eigenvalue weighted by atomic mass is 10.2. The highest BCUT2D eigenvalue weighted by Crippen LogP contribution is 2.36. The molecule has 0 radical (unpaired) electrons. The normalized spacial score (nSPS) is 10.2. The van der Waals surface area contributed by atoms with Crippen LogP contribution < -0.4 is 10.5 Å². The number of nitro groups is 1. The van der Waals surface area contributed by atoms with Crippen LogP contribution in [0.15, 0.2) is 41.1 Å². The second-order valence-corrected chi connectivity index (χ2v) is 4.53. The summed E-state index contributed by atoms with van der Waals surface area (Å²) in [5.74, 6) is 0.618. The lowest BCUT2D eigenvalue weighted by Gasteiger charge is -2.08. The second kappa shape index (κ2) is 5.77. The molecular formula is C12H10BrN3O3. The van der Waals surface area contributed by atoms with Crippen LogP contribution in [0.2, 0.25) is 0 Å². The van der Waals surface area contributed by atoms with Crippen LogP contribution in [0.5, 0.6) is 11.5 Å². The lowest BCUT2D eigenvalue weighted by molar-refractivity contribution is -0.386. The van der Waals surface area contributed by atoms with Crippen molar-refractivity contribution in [1.82, 2.24) is 4.98 Å². The molecule has 1 aromatic heterocycles. The van der Waals surface area contributed by atoms with Crippen LogP contribution in [-0.2, 0) is 6.54 Å². The Morgan fingerprint density at radius 2 is 2.00 bits per heavy atom. The van der Waals surface area contributed by atoms with Gasteiger partial charge in [0.25, 0.3) is 0 Å². The SMILES string of the molecule is NCc1ccc(Oc2c(Br)cncc2[N+](=O)[O-])cc1. The van der Waals surface area contributed by atoms with E-state index < -0.39 is 4.92 Å². The van der Waals surface area contributed by atoms with Gasteiger partial charge < -0.3 is 10.5 Å². The van der Waals surface area contributed by atoms with Gasteiger partial charge in [0, 0.05) is 12.7 Å². The molecule has 2 N–H and O–H groups in total. The third kappa shape index (κ3) is 3.07. The van der Waals surface area contributed by atoms with Gasteiger partial charge in [-0.1, -0.05) is 12.1 Å². The summed E-state index contributed by atoms with van der Waals surface area (Å²) in [7, 11) is 0. The minimum absolute atomic E-state index is 0.125. The van der Waals surface area contributed by atoms with Gasteiger partial charge in [-0.25, -0.2) is 0 Å². The number of pyridine rings is 1. The first kappa shape index (κ1) is 13.4. The van der Waals surface area contributed by atoms with Crippen LogP contribution in [0.4, 0.5) is 5.69 Å². The minimum Gasteiger partial charge on any atom is -0.449 e. The van der Waals surface area contributed by atoms with Gasteiger partial charge in [-0.15, -0.1) is 0 Å². The first-order chi connectivity index (χ1) is 9.11. The Labute approximate surface area is 117 Å². The van der Waals surface area contributed by atoms with Crippen molar-refractivity contribution in [3.05, 3.63) is 56.8 Å². The Hall–Kier alpha value is -1.99. The van der Waals surface area contributed by atoms with E-state index in [4.69, 9.17) is 10.5 Å². The van der Waals surface area contributed by atoms with E-state index in [0.717, 1.165) is 11.8 Å². The molecule has 0 bridgehead atoms. The van der Waals surface area contributed by atoms with E-state index in [9.17, 15) is 10.1 Å². The molecule has 2 aromatic rings. The zero-order valence-corrected chi connectivity index (χ0v) is 11.3. The number of rotatable bonds is 4. The van der Waals surface area contributed by atoms with Crippen molar-refractivity contribution in [1.29, 1.82) is 0 Å². The molecule has 98 valence electrons. The van der Waals surface area contributed by atoms with E-state index in [1.54, 1.807) is 24.3 Å². The van der Waals surface area contributed by atoms with Gasteiger partial charge in [0.2, 0.25) is 5.75 Å². The molecule has 0 saturated carbocycles. The molecule has 0 aliphatic heterocycles. The van der Waals surface area contributed by atoms with Crippen LogP contribution in [0.3, 0.4) is 0 Å². The Balaban J connectivity index is 2.34. The fourth-order valence-corrected chi connectivity index (χ4v) is 1.86. The van der Waals surface area contributed by atoms with Crippen LogP contribution in [-0.4, -0.2) is 9.91 Å². The number of nitrogens with zero attached hydrogens (tertiary/aromatic N) is 2. The maximum Gasteiger partial charge on any atom is 0.330 e. The van der Waals surface area contributed by atoms with E-state index in [-0.39, 0.29) is 11.4 Å². The second-order valence-electron chi connectivity index (χ2n) is 3.68. The Morgan fingerprint density at radius 3 is 2.58 bits per heavy atom. The van der Waals surface area contributed by atoms with Crippen molar-refractivity contribution in [3.8, 4) is 11.5 Å². The molecule has 1 aromatic carbocycles. The van der Waals surface area contributed by atoms with Crippen molar-refractivity contribution < 1.29 is 9.66 Å². The molecule has 0 amide bonds. The molecule has 0 unspecified atom stereocenters. The molecule has 7 heteroatoms. The number of benzene rings is 1. The van der Waals surface area contributed by atoms with Crippen molar-refractivity contribution >= 4 is 21.6 Å². The van der Waals surface area contributed by atoms with Gasteiger partial charge in [-0.3, -0.25) is 15.1 Å². The maximum atomic E-state index is 10.9. The van der Waals surface area contributed by atoms with Crippen molar-refractivity contribution in [3.63, 3.8) is 0 Å². The van der Waals surface area contributed by atoms with Gasteiger partial charge in [-0.2, -0.15) is 0 Å². The molecule has 0 saturated heterocycles. The molecule has 0 fully saturated rings. The third-order valence-electron chi connectivity index (χ3n) is 2.41. The highest BCUT2D eigenvalue weighted by atomic mass is 79.9. The highest BCUT2D eigenvalue weighted by Gasteiger charge is 2.19. The smallest absolute Gasteiger partial charge is 0.330 e. The number of aromatic nitrogens is 1. The lowest BCUT2D eigenvalue weighted by Crippen LogP contribution is -1.97. The zero-order valence-electron chi connectivity index (χ0n) is 9.75. The van der Waals surface area contributed by atoms with E-state index in [1.165, 1.54) is 6.20 Å². The predicted octanol–water partition coefficient (Wildman–Crippen LogP) is 3.00. The fourth-order valence-electron chi connectivity index (χ4n) is 1.46. The monoisotopic (exact) mass is 323 g/mol. The van der Waals surface area contributed by atoms with E-state index in [0.29, 0.717) is 16.8 Å². The number of hydrogen-bond donors (Lipinski definition) is 1. The molecule has 0 spiro atoms. The first-order valence-electron chi connectivity index (χ1n) is 5.36. The summed E-state index contributed by atoms with van der Waals surface area (Å²) in [5.41, 5.74) is 6.25. The third-order valence-corrected chi connectivity index (χ3v) is 2.97. The average molecular weight is 324 g/mol. The van der Waals surface area contributed by atoms with E-state index >= 15 is 0 Å². The Bertz CT molecular complexity index is 602. The standard InChI is InChI=1S/C12H10BrN3O3/c13-10-6-15-7-11(16(17)18)12(10)19-9-3-1-8(5-14)2-4-9/h1-4,6-7H,5,14H2. The first-order valence-corrected chi connectivity index (χ1v) is 6.16. The van der Waals surface area contributed by atoms with Crippen LogP contribution >= 0.6 is 15.9 Å². The molecule has 2 rings (SSSR count). The minimum atomic E-state index is -0.540. The molecule has 6 nitrogen and oxygen atoms in total. The zero-order chi connectivity index (χ0) is 13.8. The summed E-state index contributed by atoms with van der Waals surface area (Å²) in [6.45, 7) is 0.430. The summed E-state index contributed by atoms with van der Waals surface area (Å²) in [6, 6.07) is 7.02. The number of halogens is 1. The number of ether oxygens (including phenoxy) is 1. The van der Waals surface area contributed by atoms with Crippen LogP contribution in [0.25, 0.3) is 0 Å². The molecule has 19 heavy (non-hydrogen) atoms. The largest absolute Gasteiger partial charge is 0.449 e. The van der Waals surface area contributed by atoms with E-state index in [2.05, 4.69) is 20.9 Å². The van der Waals surface area contributed by atoms with Gasteiger partial charge >= 0.3 is 5.69 Å². The van der Waals surface area contributed by atoms with Crippen molar-refractivity contribution in [2.45, 2.75) is 6.54 Å². The molecular weight excluding hydrogens is 314 g/mol. The molecule has 0 atom stereocenters. The molecule has 0 aliphatic rings. The number of nitrogens with two attached hydrogens (primary N) is 1. The van der Waals surface area contributed by atoms with Crippen LogP contribution in [0, 0.1) is 10.1 Å². The Kier molecular flexibility index (Phi) is 4.08. The highest BCUT2D eigenvalue weighted by molar-refractivity contribution is 9.10. The van der Waals surface area contributed by atoms with Gasteiger partial charge in [0.05, 0.1) is 9.40 Å². The fraction of sp³-hybridized carbons (Fsp3) is 0.0833. The summed E-state index contributed by atoms with van der Waals surface area (Å²) in [5, 5.41) is 10.9. The summed E-state index contributed by atoms with van der Waals surface area (Å²) >= 11 is 3.19. The Morgan fingerprint density at radius 1 is 1.32 bits per heavy atom. The predicted molar refractivity (Wildman–Crippen MR) is 73.0 cm³/mol. The maximum absolute atomic E-state index is 10.9. The van der Waals surface area contributed by atoms with Crippen LogP contribution in [0.1, 0.15) is 5.56 Å². The molecule has 1 heterocycles. The van der Waals surface area contributed by atoms with Crippen molar-refractivity contribution in [2.24, 2.45) is 5.73 Å². The van der Waals surface area contributed by atoms with E-state index in [1.807, 2.05) is 0 Å².